The molecule has 142 valence electrons. The van der Waals surface area contributed by atoms with E-state index in [1.165, 1.54) is 0 Å². The molecule has 1 aromatic carbocycles. The molecule has 0 radical (unpaired) electrons. The minimum atomic E-state index is -0.0395. The maximum atomic E-state index is 12.5. The van der Waals surface area contributed by atoms with Gasteiger partial charge in [-0.2, -0.15) is 5.10 Å². The first-order valence-corrected chi connectivity index (χ1v) is 9.42. The lowest BCUT2D eigenvalue weighted by Gasteiger charge is -2.07. The Kier molecular flexibility index (Phi) is 4.69. The predicted octanol–water partition coefficient (Wildman–Crippen LogP) is 4.02. The van der Waals surface area contributed by atoms with E-state index in [-0.39, 0.29) is 5.91 Å². The van der Waals surface area contributed by atoms with Crippen LogP contribution in [0.1, 0.15) is 23.9 Å². The van der Waals surface area contributed by atoms with Gasteiger partial charge in [-0.25, -0.2) is 4.98 Å². The van der Waals surface area contributed by atoms with Crippen molar-refractivity contribution >= 4 is 17.2 Å². The Balaban J connectivity index is 1.47. The molecular weight excluding hydrogens is 350 g/mol. The zero-order valence-electron chi connectivity index (χ0n) is 16.3. The number of hydrogen-bond donors (Lipinski definition) is 1. The lowest BCUT2D eigenvalue weighted by Crippen LogP contribution is -2.15. The number of imidazole rings is 1. The maximum absolute atomic E-state index is 12.5. The fraction of sp³-hybridized carbons (Fsp3) is 0.227. The van der Waals surface area contributed by atoms with Crippen LogP contribution in [0.3, 0.4) is 0 Å². The topological polar surface area (TPSA) is 64.2 Å². The minimum absolute atomic E-state index is 0.0395. The van der Waals surface area contributed by atoms with Gasteiger partial charge in [0.05, 0.1) is 17.8 Å². The monoisotopic (exact) mass is 373 g/mol. The van der Waals surface area contributed by atoms with Crippen LogP contribution in [0.5, 0.6) is 0 Å². The summed E-state index contributed by atoms with van der Waals surface area (Å²) in [7, 11) is 0. The van der Waals surface area contributed by atoms with Crippen molar-refractivity contribution in [3.8, 4) is 11.3 Å². The Morgan fingerprint density at radius 1 is 1.11 bits per heavy atom. The zero-order valence-corrected chi connectivity index (χ0v) is 16.3. The van der Waals surface area contributed by atoms with E-state index < -0.39 is 0 Å². The summed E-state index contributed by atoms with van der Waals surface area (Å²) in [5.41, 5.74) is 6.57. The summed E-state index contributed by atoms with van der Waals surface area (Å²) in [5.74, 6) is -0.0395. The van der Waals surface area contributed by atoms with E-state index in [1.807, 2.05) is 84.7 Å². The normalized spacial score (nSPS) is 11.1. The third kappa shape index (κ3) is 3.41. The van der Waals surface area contributed by atoms with Crippen molar-refractivity contribution in [3.63, 3.8) is 0 Å². The van der Waals surface area contributed by atoms with Gasteiger partial charge in [0.1, 0.15) is 5.65 Å². The Morgan fingerprint density at radius 2 is 1.89 bits per heavy atom. The van der Waals surface area contributed by atoms with Crippen molar-refractivity contribution in [2.24, 2.45) is 0 Å². The first-order chi connectivity index (χ1) is 13.5. The summed E-state index contributed by atoms with van der Waals surface area (Å²) >= 11 is 0. The second kappa shape index (κ2) is 7.31. The smallest absolute Gasteiger partial charge is 0.228 e. The lowest BCUT2D eigenvalue weighted by atomic mass is 10.1. The first-order valence-electron chi connectivity index (χ1n) is 9.42. The number of carbonyl (C=O) groups excluding carboxylic acids is 1. The van der Waals surface area contributed by atoms with Gasteiger partial charge >= 0.3 is 0 Å². The number of carbonyl (C=O) groups is 1. The van der Waals surface area contributed by atoms with Gasteiger partial charge in [0.2, 0.25) is 5.91 Å². The molecule has 0 aliphatic rings. The number of hydrogen-bond acceptors (Lipinski definition) is 3. The predicted molar refractivity (Wildman–Crippen MR) is 110 cm³/mol. The van der Waals surface area contributed by atoms with Gasteiger partial charge in [-0.15, -0.1) is 0 Å². The van der Waals surface area contributed by atoms with Crippen LogP contribution < -0.4 is 5.32 Å². The number of nitrogens with zero attached hydrogens (tertiary/aromatic N) is 4. The fourth-order valence-electron chi connectivity index (χ4n) is 3.46. The molecule has 0 fully saturated rings. The van der Waals surface area contributed by atoms with Gasteiger partial charge in [0.25, 0.3) is 0 Å². The van der Waals surface area contributed by atoms with E-state index in [4.69, 9.17) is 0 Å². The van der Waals surface area contributed by atoms with Crippen LogP contribution in [0, 0.1) is 13.8 Å². The van der Waals surface area contributed by atoms with Gasteiger partial charge in [-0.05, 0) is 45.0 Å². The number of rotatable bonds is 5. The molecule has 1 amide bonds. The summed E-state index contributed by atoms with van der Waals surface area (Å²) < 4.78 is 3.92. The molecule has 0 aliphatic carbocycles. The molecule has 0 atom stereocenters. The zero-order chi connectivity index (χ0) is 19.7. The Bertz CT molecular complexity index is 1100. The summed E-state index contributed by atoms with van der Waals surface area (Å²) in [6.07, 6.45) is 4.30. The van der Waals surface area contributed by atoms with Crippen molar-refractivity contribution in [3.05, 3.63) is 71.8 Å². The quantitative estimate of drug-likeness (QED) is 0.575. The van der Waals surface area contributed by atoms with Crippen LogP contribution in [0.25, 0.3) is 16.9 Å². The fourth-order valence-corrected chi connectivity index (χ4v) is 3.46. The minimum Gasteiger partial charge on any atom is -0.326 e. The van der Waals surface area contributed by atoms with Gasteiger partial charge in [0.15, 0.2) is 0 Å². The third-order valence-electron chi connectivity index (χ3n) is 5.00. The molecule has 6 heteroatoms. The number of aromatic nitrogens is 4. The van der Waals surface area contributed by atoms with Crippen molar-refractivity contribution in [1.82, 2.24) is 19.2 Å². The van der Waals surface area contributed by atoms with Crippen LogP contribution >= 0.6 is 0 Å². The highest BCUT2D eigenvalue weighted by Gasteiger charge is 2.14. The van der Waals surface area contributed by atoms with Crippen molar-refractivity contribution in [2.75, 3.05) is 5.32 Å². The standard InChI is InChI=1S/C22H23N5O/c1-4-27-16(3)19(15(2)25-27)13-22(28)23-18-10-8-17(9-11-18)20-14-26-12-6-5-7-21(26)24-20/h5-12,14H,4,13H2,1-3H3,(H,23,28). The number of fused-ring (bicyclic) bond motifs is 1. The van der Waals surface area contributed by atoms with Gasteiger partial charge in [-0.1, -0.05) is 18.2 Å². The molecule has 0 bridgehead atoms. The van der Waals surface area contributed by atoms with E-state index in [2.05, 4.69) is 15.4 Å². The van der Waals surface area contributed by atoms with E-state index in [0.717, 1.165) is 46.1 Å². The van der Waals surface area contributed by atoms with E-state index in [1.54, 1.807) is 0 Å². The summed E-state index contributed by atoms with van der Waals surface area (Å²) in [6, 6.07) is 13.7. The van der Waals surface area contributed by atoms with Crippen LogP contribution in [-0.4, -0.2) is 25.1 Å². The number of nitrogens with one attached hydrogen (secondary N) is 1. The van der Waals surface area contributed by atoms with Crippen molar-refractivity contribution in [2.45, 2.75) is 33.7 Å². The highest BCUT2D eigenvalue weighted by atomic mass is 16.1. The van der Waals surface area contributed by atoms with Crippen molar-refractivity contribution in [1.29, 1.82) is 0 Å². The maximum Gasteiger partial charge on any atom is 0.228 e. The summed E-state index contributed by atoms with van der Waals surface area (Å²) in [4.78, 5) is 17.1. The number of anilines is 1. The molecule has 0 aliphatic heterocycles. The average molecular weight is 373 g/mol. The number of amides is 1. The Morgan fingerprint density at radius 3 is 2.57 bits per heavy atom. The molecule has 4 rings (SSSR count). The van der Waals surface area contributed by atoms with E-state index >= 15 is 0 Å². The highest BCUT2D eigenvalue weighted by molar-refractivity contribution is 5.92. The molecule has 0 saturated heterocycles. The second-order valence-corrected chi connectivity index (χ2v) is 6.86. The summed E-state index contributed by atoms with van der Waals surface area (Å²) in [5, 5.41) is 7.46. The molecule has 6 nitrogen and oxygen atoms in total. The van der Waals surface area contributed by atoms with Gasteiger partial charge in [-0.3, -0.25) is 9.48 Å². The molecule has 3 heterocycles. The first kappa shape index (κ1) is 18.0. The second-order valence-electron chi connectivity index (χ2n) is 6.86. The molecular formula is C22H23N5O. The summed E-state index contributed by atoms with van der Waals surface area (Å²) in [6.45, 7) is 6.81. The lowest BCUT2D eigenvalue weighted by molar-refractivity contribution is -0.115. The van der Waals surface area contributed by atoms with E-state index in [9.17, 15) is 4.79 Å². The molecule has 3 aromatic heterocycles. The van der Waals surface area contributed by atoms with Crippen LogP contribution in [0.4, 0.5) is 5.69 Å². The largest absolute Gasteiger partial charge is 0.326 e. The molecule has 28 heavy (non-hydrogen) atoms. The van der Waals surface area contributed by atoms with Gasteiger partial charge in [0, 0.05) is 41.4 Å². The average Bonchev–Trinajstić information content (AvgIpc) is 3.24. The van der Waals surface area contributed by atoms with Crippen molar-refractivity contribution < 1.29 is 4.79 Å². The van der Waals surface area contributed by atoms with Gasteiger partial charge < -0.3 is 9.72 Å². The number of benzene rings is 1. The highest BCUT2D eigenvalue weighted by Crippen LogP contribution is 2.22. The molecule has 0 spiro atoms. The van der Waals surface area contributed by atoms with Crippen LogP contribution in [-0.2, 0) is 17.8 Å². The van der Waals surface area contributed by atoms with Crippen LogP contribution in [0.2, 0.25) is 0 Å². The number of pyridine rings is 1. The third-order valence-corrected chi connectivity index (χ3v) is 5.00. The Hall–Kier alpha value is -3.41. The molecule has 0 saturated carbocycles. The molecule has 1 N–H and O–H groups in total. The van der Waals surface area contributed by atoms with E-state index in [0.29, 0.717) is 6.42 Å². The molecule has 0 unspecified atom stereocenters. The number of aryl methyl sites for hydroxylation is 2. The molecule has 4 aromatic rings. The Labute approximate surface area is 163 Å². The SMILES string of the molecule is CCn1nc(C)c(CC(=O)Nc2ccc(-c3cn4ccccc4n3)cc2)c1C. The van der Waals surface area contributed by atoms with Crippen LogP contribution in [0.15, 0.2) is 54.9 Å².